The zero-order chi connectivity index (χ0) is 12.3. The first-order valence-electron chi connectivity index (χ1n) is 6.17. The summed E-state index contributed by atoms with van der Waals surface area (Å²) in [6.45, 7) is 2.97. The number of anilines is 1. The Bertz CT molecular complexity index is 392. The molecule has 0 aromatic heterocycles. The molecule has 0 fully saturated rings. The zero-order valence-electron chi connectivity index (χ0n) is 10.9. The maximum atomic E-state index is 5.35. The summed E-state index contributed by atoms with van der Waals surface area (Å²) < 4.78 is 10.6. The van der Waals surface area contributed by atoms with Crippen molar-refractivity contribution in [2.75, 3.05) is 26.1 Å². The molecule has 0 amide bonds. The highest BCUT2D eigenvalue weighted by Gasteiger charge is 2.32. The molecule has 0 radical (unpaired) electrons. The van der Waals surface area contributed by atoms with Crippen molar-refractivity contribution in [3.63, 3.8) is 0 Å². The van der Waals surface area contributed by atoms with E-state index < -0.39 is 0 Å². The molecule has 0 aliphatic carbocycles. The molecule has 0 spiro atoms. The van der Waals surface area contributed by atoms with Gasteiger partial charge in [-0.25, -0.2) is 0 Å². The van der Waals surface area contributed by atoms with E-state index in [1.165, 1.54) is 11.3 Å². The van der Waals surface area contributed by atoms with Crippen LogP contribution in [0.2, 0.25) is 0 Å². The Hall–Kier alpha value is -1.22. The van der Waals surface area contributed by atoms with Crippen molar-refractivity contribution in [3.8, 4) is 5.75 Å². The fourth-order valence-electron chi connectivity index (χ4n) is 2.50. The van der Waals surface area contributed by atoms with Gasteiger partial charge in [0.05, 0.1) is 19.3 Å². The molecule has 0 saturated carbocycles. The average molecular weight is 235 g/mol. The lowest BCUT2D eigenvalue weighted by atomic mass is 9.84. The molecule has 1 unspecified atom stereocenters. The van der Waals surface area contributed by atoms with Gasteiger partial charge in [-0.1, -0.05) is 6.92 Å². The predicted molar refractivity (Wildman–Crippen MR) is 69.8 cm³/mol. The highest BCUT2D eigenvalue weighted by atomic mass is 16.5. The van der Waals surface area contributed by atoms with Crippen LogP contribution in [0, 0.1) is 0 Å². The summed E-state index contributed by atoms with van der Waals surface area (Å²) in [5.41, 5.74) is 2.65. The molecule has 1 aromatic rings. The topological polar surface area (TPSA) is 30.5 Å². The Labute approximate surface area is 103 Å². The molecule has 0 bridgehead atoms. The van der Waals surface area contributed by atoms with Gasteiger partial charge in [0, 0.05) is 12.8 Å². The third-order valence-electron chi connectivity index (χ3n) is 3.68. The van der Waals surface area contributed by atoms with Gasteiger partial charge in [-0.05, 0) is 43.0 Å². The van der Waals surface area contributed by atoms with Gasteiger partial charge in [-0.3, -0.25) is 0 Å². The Morgan fingerprint density at radius 2 is 2.18 bits per heavy atom. The Balaban J connectivity index is 2.23. The molecule has 1 atom stereocenters. The molecule has 2 rings (SSSR count). The summed E-state index contributed by atoms with van der Waals surface area (Å²) in [6, 6.07) is 6.23. The smallest absolute Gasteiger partial charge is 0.119 e. The van der Waals surface area contributed by atoms with Crippen molar-refractivity contribution in [3.05, 3.63) is 23.8 Å². The monoisotopic (exact) mass is 235 g/mol. The van der Waals surface area contributed by atoms with Crippen LogP contribution in [0.5, 0.6) is 5.75 Å². The fourth-order valence-corrected chi connectivity index (χ4v) is 2.50. The highest BCUT2D eigenvalue weighted by Crippen LogP contribution is 2.34. The van der Waals surface area contributed by atoms with Gasteiger partial charge >= 0.3 is 0 Å². The Kier molecular flexibility index (Phi) is 3.57. The molecule has 1 N–H and O–H groups in total. The first kappa shape index (κ1) is 12.2. The summed E-state index contributed by atoms with van der Waals surface area (Å²) in [7, 11) is 3.47. The van der Waals surface area contributed by atoms with Crippen molar-refractivity contribution in [1.82, 2.24) is 0 Å². The third kappa shape index (κ3) is 2.39. The number of hydrogen-bond acceptors (Lipinski definition) is 3. The van der Waals surface area contributed by atoms with Gasteiger partial charge in [-0.2, -0.15) is 0 Å². The molecule has 94 valence electrons. The van der Waals surface area contributed by atoms with Crippen molar-refractivity contribution >= 4 is 5.69 Å². The van der Waals surface area contributed by atoms with Crippen LogP contribution in [0.25, 0.3) is 0 Å². The molecule has 1 aromatic carbocycles. The summed E-state index contributed by atoms with van der Waals surface area (Å²) >= 11 is 0. The van der Waals surface area contributed by atoms with Gasteiger partial charge in [0.15, 0.2) is 0 Å². The first-order valence-corrected chi connectivity index (χ1v) is 6.17. The maximum Gasteiger partial charge on any atom is 0.119 e. The van der Waals surface area contributed by atoms with Crippen molar-refractivity contribution in [2.45, 2.75) is 31.7 Å². The minimum atomic E-state index is 0.0936. The molecule has 1 heterocycles. The van der Waals surface area contributed by atoms with Gasteiger partial charge in [-0.15, -0.1) is 0 Å². The van der Waals surface area contributed by atoms with Crippen LogP contribution in [0.1, 0.15) is 25.3 Å². The van der Waals surface area contributed by atoms with Crippen LogP contribution >= 0.6 is 0 Å². The average Bonchev–Trinajstić information content (AvgIpc) is 2.38. The second-order valence-corrected chi connectivity index (χ2v) is 4.71. The van der Waals surface area contributed by atoms with Crippen molar-refractivity contribution in [1.29, 1.82) is 0 Å². The first-order chi connectivity index (χ1) is 8.23. The molecule has 1 aliphatic heterocycles. The lowest BCUT2D eigenvalue weighted by molar-refractivity contribution is 0.133. The number of hydrogen-bond donors (Lipinski definition) is 1. The van der Waals surface area contributed by atoms with Crippen LogP contribution in [0.4, 0.5) is 5.69 Å². The van der Waals surface area contributed by atoms with E-state index in [2.05, 4.69) is 24.4 Å². The quantitative estimate of drug-likeness (QED) is 0.870. The minimum Gasteiger partial charge on any atom is -0.497 e. The summed E-state index contributed by atoms with van der Waals surface area (Å²) in [5, 5.41) is 3.63. The van der Waals surface area contributed by atoms with Crippen LogP contribution in [0.15, 0.2) is 18.2 Å². The van der Waals surface area contributed by atoms with E-state index in [1.54, 1.807) is 14.2 Å². The highest BCUT2D eigenvalue weighted by molar-refractivity contribution is 5.58. The predicted octanol–water partition coefficient (Wildman–Crippen LogP) is 2.85. The van der Waals surface area contributed by atoms with Crippen LogP contribution < -0.4 is 10.1 Å². The molecule has 3 heteroatoms. The van der Waals surface area contributed by atoms with Crippen LogP contribution in [-0.2, 0) is 11.2 Å². The number of nitrogens with one attached hydrogen (secondary N) is 1. The third-order valence-corrected chi connectivity index (χ3v) is 3.68. The molecular formula is C14H21NO2. The lowest BCUT2D eigenvalue weighted by Gasteiger charge is -2.39. The van der Waals surface area contributed by atoms with Crippen molar-refractivity contribution < 1.29 is 9.47 Å². The number of methoxy groups -OCH3 is 2. The number of benzene rings is 1. The molecular weight excluding hydrogens is 214 g/mol. The Morgan fingerprint density at radius 1 is 1.35 bits per heavy atom. The number of rotatable bonds is 4. The van der Waals surface area contributed by atoms with Crippen LogP contribution in [0.3, 0.4) is 0 Å². The second-order valence-electron chi connectivity index (χ2n) is 4.71. The van der Waals surface area contributed by atoms with Crippen LogP contribution in [-0.4, -0.2) is 26.4 Å². The minimum absolute atomic E-state index is 0.0936. The molecule has 17 heavy (non-hydrogen) atoms. The molecule has 1 aliphatic rings. The van der Waals surface area contributed by atoms with E-state index in [0.717, 1.165) is 31.6 Å². The number of fused-ring (bicyclic) bond motifs is 1. The normalized spacial score (nSPS) is 22.8. The SMILES string of the molecule is CCC1(COC)CCc2cc(OC)ccc2N1. The van der Waals surface area contributed by atoms with E-state index in [-0.39, 0.29) is 5.54 Å². The molecule has 3 nitrogen and oxygen atoms in total. The second kappa shape index (κ2) is 4.96. The number of ether oxygens (including phenoxy) is 2. The van der Waals surface area contributed by atoms with Gasteiger partial charge in [0.2, 0.25) is 0 Å². The largest absolute Gasteiger partial charge is 0.497 e. The molecule has 0 saturated heterocycles. The van der Waals surface area contributed by atoms with E-state index >= 15 is 0 Å². The summed E-state index contributed by atoms with van der Waals surface area (Å²) in [4.78, 5) is 0. The van der Waals surface area contributed by atoms with Gasteiger partial charge < -0.3 is 14.8 Å². The maximum absolute atomic E-state index is 5.35. The van der Waals surface area contributed by atoms with Gasteiger partial charge in [0.1, 0.15) is 5.75 Å². The van der Waals surface area contributed by atoms with Crippen molar-refractivity contribution in [2.24, 2.45) is 0 Å². The van der Waals surface area contributed by atoms with E-state index in [1.807, 2.05) is 6.07 Å². The summed E-state index contributed by atoms with van der Waals surface area (Å²) in [6.07, 6.45) is 3.26. The van der Waals surface area contributed by atoms with E-state index in [9.17, 15) is 0 Å². The summed E-state index contributed by atoms with van der Waals surface area (Å²) in [5.74, 6) is 0.932. The Morgan fingerprint density at radius 3 is 2.82 bits per heavy atom. The number of aryl methyl sites for hydroxylation is 1. The fraction of sp³-hybridized carbons (Fsp3) is 0.571. The van der Waals surface area contributed by atoms with Gasteiger partial charge in [0.25, 0.3) is 0 Å². The standard InChI is InChI=1S/C14H21NO2/c1-4-14(10-16-2)8-7-11-9-12(17-3)5-6-13(11)15-14/h5-6,9,15H,4,7-8,10H2,1-3H3. The lowest BCUT2D eigenvalue weighted by Crippen LogP contribution is -2.45. The zero-order valence-corrected chi connectivity index (χ0v) is 10.9. The van der Waals surface area contributed by atoms with E-state index in [0.29, 0.717) is 0 Å². The van der Waals surface area contributed by atoms with E-state index in [4.69, 9.17) is 9.47 Å².